The molecular formula is C42H44N8O6. The van der Waals surface area contributed by atoms with Crippen LogP contribution in [-0.4, -0.2) is 70.2 Å². The molecule has 0 spiro atoms. The molecule has 288 valence electrons. The first-order chi connectivity index (χ1) is 27.1. The number of anilines is 4. The standard InChI is InChI=1S/C42H44N8O6/c1-48-24-27(19-35(48)40(52)47-30-15-11-28(43)12-16-30)26-9-13-29(14-10-26)46-41(53)36-20-31(25-49(36)2)45-39(51)8-6-18-56-38-22-34-33(21-37(38)55-3)42(54)50-17-5-4-7-32(50)23-44-34/h9-16,19-25,32H,4-8,17-18,43H2,1-3H3,(H,45,51)(H,46,53)(H,47,52). The van der Waals surface area contributed by atoms with Crippen molar-refractivity contribution < 1.29 is 28.7 Å². The average Bonchev–Trinajstić information content (AvgIpc) is 3.74. The maximum Gasteiger partial charge on any atom is 0.272 e. The molecule has 14 nitrogen and oxygen atoms in total. The van der Waals surface area contributed by atoms with Gasteiger partial charge in [0, 0.05) is 74.4 Å². The summed E-state index contributed by atoms with van der Waals surface area (Å²) in [7, 11) is 5.06. The highest BCUT2D eigenvalue weighted by molar-refractivity contribution is 6.06. The van der Waals surface area contributed by atoms with Gasteiger partial charge in [0.2, 0.25) is 5.91 Å². The van der Waals surface area contributed by atoms with E-state index in [1.807, 2.05) is 35.5 Å². The lowest BCUT2D eigenvalue weighted by molar-refractivity contribution is -0.116. The Labute approximate surface area is 324 Å². The molecule has 14 heteroatoms. The lowest BCUT2D eigenvalue weighted by Gasteiger charge is -2.32. The molecule has 1 unspecified atom stereocenters. The summed E-state index contributed by atoms with van der Waals surface area (Å²) < 4.78 is 14.9. The van der Waals surface area contributed by atoms with Crippen LogP contribution in [0.3, 0.4) is 0 Å². The molecule has 1 saturated heterocycles. The van der Waals surface area contributed by atoms with Crippen molar-refractivity contribution in [3.63, 3.8) is 0 Å². The monoisotopic (exact) mass is 756 g/mol. The van der Waals surface area contributed by atoms with Crippen LogP contribution in [0.25, 0.3) is 11.1 Å². The Hall–Kier alpha value is -6.83. The molecule has 3 aromatic carbocycles. The van der Waals surface area contributed by atoms with Crippen molar-refractivity contribution in [2.75, 3.05) is 41.9 Å². The van der Waals surface area contributed by atoms with Crippen LogP contribution in [-0.2, 0) is 18.9 Å². The smallest absolute Gasteiger partial charge is 0.272 e. The number of nitrogens with zero attached hydrogens (tertiary/aromatic N) is 4. The van der Waals surface area contributed by atoms with Crippen LogP contribution in [0, 0.1) is 0 Å². The van der Waals surface area contributed by atoms with E-state index < -0.39 is 0 Å². The van der Waals surface area contributed by atoms with Crippen LogP contribution >= 0.6 is 0 Å². The number of nitrogens with one attached hydrogen (secondary N) is 3. The first kappa shape index (κ1) is 37.5. The number of methoxy groups -OCH3 is 1. The van der Waals surface area contributed by atoms with Crippen LogP contribution < -0.4 is 31.2 Å². The Kier molecular flexibility index (Phi) is 10.9. The molecule has 1 fully saturated rings. The van der Waals surface area contributed by atoms with Gasteiger partial charge in [-0.2, -0.15) is 0 Å². The van der Waals surface area contributed by atoms with Gasteiger partial charge in [0.05, 0.1) is 36.7 Å². The minimum atomic E-state index is -0.341. The molecular weight excluding hydrogens is 713 g/mol. The second-order valence-electron chi connectivity index (χ2n) is 13.9. The first-order valence-electron chi connectivity index (χ1n) is 18.5. The number of carbonyl (C=O) groups excluding carboxylic acids is 4. The molecule has 2 aliphatic heterocycles. The lowest BCUT2D eigenvalue weighted by atomic mass is 10.0. The summed E-state index contributed by atoms with van der Waals surface area (Å²) >= 11 is 0. The van der Waals surface area contributed by atoms with Crippen LogP contribution in [0.4, 0.5) is 28.4 Å². The van der Waals surface area contributed by atoms with Gasteiger partial charge >= 0.3 is 0 Å². The Balaban J connectivity index is 0.899. The second kappa shape index (κ2) is 16.3. The van der Waals surface area contributed by atoms with E-state index in [0.717, 1.165) is 30.4 Å². The van der Waals surface area contributed by atoms with Gasteiger partial charge in [0.15, 0.2) is 11.5 Å². The van der Waals surface area contributed by atoms with Gasteiger partial charge in [-0.1, -0.05) is 12.1 Å². The number of nitrogens with two attached hydrogens (primary N) is 1. The number of nitrogen functional groups attached to an aromatic ring is 1. The van der Waals surface area contributed by atoms with Gasteiger partial charge in [0.1, 0.15) is 11.4 Å². The van der Waals surface area contributed by atoms with Gasteiger partial charge in [-0.15, -0.1) is 0 Å². The molecule has 5 aromatic rings. The summed E-state index contributed by atoms with van der Waals surface area (Å²) in [6.45, 7) is 0.945. The molecule has 4 amide bonds. The minimum absolute atomic E-state index is 0.00754. The van der Waals surface area contributed by atoms with E-state index in [1.54, 1.807) is 84.0 Å². The average molecular weight is 757 g/mol. The van der Waals surface area contributed by atoms with Crippen LogP contribution in [0.15, 0.2) is 90.2 Å². The number of hydrogen-bond acceptors (Lipinski definition) is 8. The fraction of sp³-hybridized carbons (Fsp3) is 0.262. The molecule has 0 radical (unpaired) electrons. The van der Waals surface area contributed by atoms with E-state index in [1.165, 1.54) is 7.11 Å². The third kappa shape index (κ3) is 8.28. The van der Waals surface area contributed by atoms with E-state index in [4.69, 9.17) is 15.2 Å². The number of rotatable bonds is 12. The van der Waals surface area contributed by atoms with Gasteiger partial charge < -0.3 is 45.2 Å². The number of hydrogen-bond donors (Lipinski definition) is 4. The van der Waals surface area contributed by atoms with Crippen LogP contribution in [0.1, 0.15) is 63.4 Å². The van der Waals surface area contributed by atoms with Gasteiger partial charge in [-0.3, -0.25) is 24.2 Å². The number of aromatic nitrogens is 2. The zero-order valence-corrected chi connectivity index (χ0v) is 31.5. The molecule has 0 aliphatic carbocycles. The SMILES string of the molecule is COc1cc2c(cc1OCCCC(=O)Nc1cc(C(=O)Nc3ccc(-c4cc(C(=O)Nc5ccc(N)cc5)n(C)c4)cc3)n(C)c1)N=CC1CCCCN1C2=O. The van der Waals surface area contributed by atoms with Crippen LogP contribution in [0.2, 0.25) is 0 Å². The normalized spacial score (nSPS) is 14.7. The Morgan fingerprint density at radius 3 is 2.20 bits per heavy atom. The summed E-state index contributed by atoms with van der Waals surface area (Å²) in [4.78, 5) is 58.7. The number of benzene rings is 3. The van der Waals surface area contributed by atoms with E-state index in [-0.39, 0.29) is 42.7 Å². The first-order valence-corrected chi connectivity index (χ1v) is 18.5. The molecule has 56 heavy (non-hydrogen) atoms. The summed E-state index contributed by atoms with van der Waals surface area (Å²) in [6, 6.07) is 21.1. The van der Waals surface area contributed by atoms with Crippen molar-refractivity contribution in [1.82, 2.24) is 14.0 Å². The minimum Gasteiger partial charge on any atom is -0.493 e. The predicted octanol–water partition coefficient (Wildman–Crippen LogP) is 6.63. The van der Waals surface area contributed by atoms with Crippen molar-refractivity contribution >= 4 is 58.3 Å². The molecule has 5 N–H and O–H groups in total. The van der Waals surface area contributed by atoms with Crippen LogP contribution in [0.5, 0.6) is 11.5 Å². The van der Waals surface area contributed by atoms with Crippen molar-refractivity contribution in [2.45, 2.75) is 38.1 Å². The van der Waals surface area contributed by atoms with E-state index >= 15 is 0 Å². The zero-order chi connectivity index (χ0) is 39.3. The largest absolute Gasteiger partial charge is 0.493 e. The maximum atomic E-state index is 13.3. The molecule has 4 heterocycles. The highest BCUT2D eigenvalue weighted by atomic mass is 16.5. The number of fused-ring (bicyclic) bond motifs is 2. The van der Waals surface area contributed by atoms with E-state index in [0.29, 0.717) is 69.9 Å². The topological polar surface area (TPSA) is 174 Å². The van der Waals surface area contributed by atoms with Gasteiger partial charge in [-0.05, 0) is 85.8 Å². The summed E-state index contributed by atoms with van der Waals surface area (Å²) in [5.74, 6) is 0.0123. The van der Waals surface area contributed by atoms with Gasteiger partial charge in [0.25, 0.3) is 17.7 Å². The fourth-order valence-corrected chi connectivity index (χ4v) is 6.93. The van der Waals surface area contributed by atoms with E-state index in [9.17, 15) is 19.2 Å². The number of aliphatic imine (C=N–C) groups is 1. The Bertz CT molecular complexity index is 2310. The highest BCUT2D eigenvalue weighted by Gasteiger charge is 2.31. The molecule has 7 rings (SSSR count). The predicted molar refractivity (Wildman–Crippen MR) is 216 cm³/mol. The maximum absolute atomic E-state index is 13.3. The van der Waals surface area contributed by atoms with Crippen molar-refractivity contribution in [3.05, 3.63) is 102 Å². The summed E-state index contributed by atoms with van der Waals surface area (Å²) in [5, 5.41) is 8.65. The molecule has 2 aliphatic rings. The third-order valence-corrected chi connectivity index (χ3v) is 9.92. The summed E-state index contributed by atoms with van der Waals surface area (Å²) in [6.07, 6.45) is 8.93. The number of aryl methyl sites for hydroxylation is 2. The van der Waals surface area contributed by atoms with Crippen molar-refractivity contribution in [3.8, 4) is 22.6 Å². The molecule has 1 atom stereocenters. The lowest BCUT2D eigenvalue weighted by Crippen LogP contribution is -2.43. The molecule has 0 bridgehead atoms. The highest BCUT2D eigenvalue weighted by Crippen LogP contribution is 2.38. The summed E-state index contributed by atoms with van der Waals surface area (Å²) in [5.41, 5.74) is 11.7. The number of ether oxygens (including phenoxy) is 2. The van der Waals surface area contributed by atoms with E-state index in [2.05, 4.69) is 20.9 Å². The fourth-order valence-electron chi connectivity index (χ4n) is 6.93. The zero-order valence-electron chi connectivity index (χ0n) is 31.5. The number of carbonyl (C=O) groups is 4. The number of piperidine rings is 1. The Morgan fingerprint density at radius 1 is 0.804 bits per heavy atom. The quantitative estimate of drug-likeness (QED) is 0.0816. The Morgan fingerprint density at radius 2 is 1.48 bits per heavy atom. The van der Waals surface area contributed by atoms with Crippen molar-refractivity contribution in [1.29, 1.82) is 0 Å². The third-order valence-electron chi connectivity index (χ3n) is 9.92. The number of amides is 4. The van der Waals surface area contributed by atoms with Gasteiger partial charge in [-0.25, -0.2) is 0 Å². The molecule has 2 aromatic heterocycles. The second-order valence-corrected chi connectivity index (χ2v) is 13.9. The van der Waals surface area contributed by atoms with Crippen molar-refractivity contribution in [2.24, 2.45) is 19.1 Å². The molecule has 0 saturated carbocycles.